The minimum Gasteiger partial charge on any atom is -0.444 e. The summed E-state index contributed by atoms with van der Waals surface area (Å²) in [6, 6.07) is -0.466. The lowest BCUT2D eigenvalue weighted by Crippen LogP contribution is -2.43. The molecule has 0 bridgehead atoms. The predicted molar refractivity (Wildman–Crippen MR) is 116 cm³/mol. The highest BCUT2D eigenvalue weighted by Gasteiger charge is 2.52. The van der Waals surface area contributed by atoms with E-state index in [1.54, 1.807) is 20.8 Å². The van der Waals surface area contributed by atoms with Gasteiger partial charge in [0.15, 0.2) is 0 Å². The highest BCUT2D eigenvalue weighted by Crippen LogP contribution is 2.36. The van der Waals surface area contributed by atoms with E-state index >= 15 is 0 Å². The van der Waals surface area contributed by atoms with Gasteiger partial charge in [-0.3, -0.25) is 0 Å². The summed E-state index contributed by atoms with van der Waals surface area (Å²) < 4.78 is 43.1. The van der Waals surface area contributed by atoms with Crippen molar-refractivity contribution in [3.8, 4) is 0 Å². The number of sulfone groups is 1. The molecule has 0 saturated carbocycles. The topological polar surface area (TPSA) is 108 Å². The van der Waals surface area contributed by atoms with Gasteiger partial charge in [0.2, 0.25) is 15.0 Å². The lowest BCUT2D eigenvalue weighted by molar-refractivity contribution is 0.00578. The van der Waals surface area contributed by atoms with Crippen LogP contribution >= 0.6 is 0 Å². The lowest BCUT2D eigenvalue weighted by atomic mass is 9.81. The summed E-state index contributed by atoms with van der Waals surface area (Å²) in [6.07, 6.45) is 3.65. The molecule has 31 heavy (non-hydrogen) atoms. The van der Waals surface area contributed by atoms with Crippen LogP contribution in [-0.2, 0) is 23.9 Å². The molecule has 3 heterocycles. The Balaban J connectivity index is 1.71. The molecular weight excluding hydrogens is 421 g/mol. The van der Waals surface area contributed by atoms with Crippen molar-refractivity contribution >= 4 is 28.5 Å². The van der Waals surface area contributed by atoms with E-state index in [0.29, 0.717) is 18.4 Å². The Morgan fingerprint density at radius 1 is 1.19 bits per heavy atom. The fourth-order valence-electron chi connectivity index (χ4n) is 3.49. The second kappa shape index (κ2) is 8.01. The average molecular weight is 453 g/mol. The maximum Gasteiger partial charge on any atom is 0.498 e. The molecule has 1 atom stereocenters. The third-order valence-electron chi connectivity index (χ3n) is 5.87. The summed E-state index contributed by atoms with van der Waals surface area (Å²) in [5.74, 6) is -0.248. The van der Waals surface area contributed by atoms with Gasteiger partial charge in [-0.15, -0.1) is 0 Å². The molecule has 3 rings (SSSR count). The van der Waals surface area contributed by atoms with Gasteiger partial charge in [-0.2, -0.15) is 0 Å². The number of ether oxygens (including phenoxy) is 1. The van der Waals surface area contributed by atoms with Crippen molar-refractivity contribution in [2.24, 2.45) is 0 Å². The fraction of sp³-hybridized carbons (Fsp3) is 0.750. The molecule has 11 heteroatoms. The van der Waals surface area contributed by atoms with Gasteiger partial charge in [-0.25, -0.2) is 23.2 Å². The van der Waals surface area contributed by atoms with E-state index in [9.17, 15) is 13.2 Å². The molecule has 9 nitrogen and oxygen atoms in total. The first-order chi connectivity index (χ1) is 14.1. The molecule has 0 unspecified atom stereocenters. The lowest BCUT2D eigenvalue weighted by Gasteiger charge is -2.32. The summed E-state index contributed by atoms with van der Waals surface area (Å²) >= 11 is 0. The minimum atomic E-state index is -3.79. The maximum atomic E-state index is 12.9. The Morgan fingerprint density at radius 3 is 2.26 bits per heavy atom. The average Bonchev–Trinajstić information content (AvgIpc) is 3.15. The Morgan fingerprint density at radius 2 is 1.74 bits per heavy atom. The first-order valence-corrected chi connectivity index (χ1v) is 12.2. The van der Waals surface area contributed by atoms with Crippen molar-refractivity contribution < 1.29 is 27.3 Å². The summed E-state index contributed by atoms with van der Waals surface area (Å²) in [5.41, 5.74) is -1.13. The van der Waals surface area contributed by atoms with Crippen molar-refractivity contribution in [1.82, 2.24) is 14.9 Å². The van der Waals surface area contributed by atoms with Crippen molar-refractivity contribution in [1.29, 1.82) is 0 Å². The number of amides is 1. The first kappa shape index (κ1) is 23.9. The van der Waals surface area contributed by atoms with Crippen LogP contribution in [0, 0.1) is 0 Å². The monoisotopic (exact) mass is 453 g/mol. The number of hydrogen-bond acceptors (Lipinski definition) is 8. The van der Waals surface area contributed by atoms with Crippen LogP contribution in [0.1, 0.15) is 61.3 Å². The molecule has 0 N–H and O–H groups in total. The van der Waals surface area contributed by atoms with Crippen molar-refractivity contribution in [2.75, 3.05) is 12.3 Å². The van der Waals surface area contributed by atoms with Crippen LogP contribution in [0.5, 0.6) is 0 Å². The Hall–Kier alpha value is -1.72. The number of hydrogen-bond donors (Lipinski definition) is 0. The number of nitrogens with zero attached hydrogens (tertiary/aromatic N) is 3. The van der Waals surface area contributed by atoms with Crippen LogP contribution in [0.4, 0.5) is 4.79 Å². The quantitative estimate of drug-likeness (QED) is 0.503. The van der Waals surface area contributed by atoms with E-state index in [1.807, 2.05) is 27.7 Å². The number of rotatable bonds is 4. The van der Waals surface area contributed by atoms with Crippen molar-refractivity contribution in [3.63, 3.8) is 0 Å². The molecule has 2 saturated heterocycles. The van der Waals surface area contributed by atoms with Crippen LogP contribution in [-0.4, -0.2) is 71.6 Å². The van der Waals surface area contributed by atoms with Gasteiger partial charge in [-0.05, 0) is 61.3 Å². The largest absolute Gasteiger partial charge is 0.498 e. The standard InChI is InChI=1S/C20H32BN3O6S/c1-18(2,3)28-17(25)24-10-8-9-15(24)13-31(26,27)16-22-11-14(12-23-16)21-29-19(4,5)20(6,7)30-21/h11-12,15H,8-10,13H2,1-7H3/t15-/m0/s1. The molecular formula is C20H32BN3O6S. The van der Waals surface area contributed by atoms with Crippen LogP contribution in [0.3, 0.4) is 0 Å². The highest BCUT2D eigenvalue weighted by atomic mass is 32.2. The minimum absolute atomic E-state index is 0.248. The van der Waals surface area contributed by atoms with Gasteiger partial charge in [0.25, 0.3) is 0 Å². The molecule has 0 spiro atoms. The van der Waals surface area contributed by atoms with E-state index in [0.717, 1.165) is 6.42 Å². The Bertz CT molecular complexity index is 911. The van der Waals surface area contributed by atoms with Crippen LogP contribution in [0.2, 0.25) is 0 Å². The van der Waals surface area contributed by atoms with Gasteiger partial charge in [0, 0.05) is 30.4 Å². The second-order valence-electron chi connectivity index (χ2n) is 10.1. The molecule has 0 aromatic carbocycles. The molecule has 2 fully saturated rings. The van der Waals surface area contributed by atoms with Crippen molar-refractivity contribution in [3.05, 3.63) is 12.4 Å². The predicted octanol–water partition coefficient (Wildman–Crippen LogP) is 1.95. The zero-order valence-corrected chi connectivity index (χ0v) is 20.2. The smallest absolute Gasteiger partial charge is 0.444 e. The van der Waals surface area contributed by atoms with E-state index < -0.39 is 45.9 Å². The number of aromatic nitrogens is 2. The Kier molecular flexibility index (Phi) is 6.18. The second-order valence-corrected chi connectivity index (χ2v) is 12.1. The molecule has 1 aromatic heterocycles. The van der Waals surface area contributed by atoms with E-state index in [-0.39, 0.29) is 10.9 Å². The van der Waals surface area contributed by atoms with Crippen LogP contribution < -0.4 is 5.46 Å². The zero-order valence-electron chi connectivity index (χ0n) is 19.3. The summed E-state index contributed by atoms with van der Waals surface area (Å²) in [5, 5.41) is -0.274. The van der Waals surface area contributed by atoms with E-state index in [2.05, 4.69) is 9.97 Å². The van der Waals surface area contributed by atoms with Gasteiger partial charge < -0.3 is 18.9 Å². The number of carbonyl (C=O) groups excluding carboxylic acids is 1. The van der Waals surface area contributed by atoms with Crippen LogP contribution in [0.25, 0.3) is 0 Å². The first-order valence-electron chi connectivity index (χ1n) is 10.5. The van der Waals surface area contributed by atoms with E-state index in [1.165, 1.54) is 17.3 Å². The molecule has 2 aliphatic rings. The molecule has 0 radical (unpaired) electrons. The van der Waals surface area contributed by atoms with Gasteiger partial charge >= 0.3 is 13.2 Å². The molecule has 0 aliphatic carbocycles. The SMILES string of the molecule is CC(C)(C)OC(=O)N1CCC[C@H]1CS(=O)(=O)c1ncc(B2OC(C)(C)C(C)(C)O2)cn1. The Labute approximate surface area is 184 Å². The third kappa shape index (κ3) is 5.20. The number of carbonyl (C=O) groups is 1. The summed E-state index contributed by atoms with van der Waals surface area (Å²) in [7, 11) is -4.46. The van der Waals surface area contributed by atoms with Gasteiger partial charge in [-0.1, -0.05) is 0 Å². The van der Waals surface area contributed by atoms with Crippen molar-refractivity contribution in [2.45, 2.75) is 89.3 Å². The molecule has 1 aromatic rings. The molecule has 1 amide bonds. The third-order valence-corrected chi connectivity index (χ3v) is 7.46. The molecule has 172 valence electrons. The fourth-order valence-corrected chi connectivity index (χ4v) is 4.91. The molecule has 2 aliphatic heterocycles. The summed E-state index contributed by atoms with van der Waals surface area (Å²) in [4.78, 5) is 22.1. The van der Waals surface area contributed by atoms with E-state index in [4.69, 9.17) is 14.0 Å². The zero-order chi connectivity index (χ0) is 23.2. The number of likely N-dealkylation sites (tertiary alicyclic amines) is 1. The highest BCUT2D eigenvalue weighted by molar-refractivity contribution is 7.91. The summed E-state index contributed by atoms with van der Waals surface area (Å²) in [6.45, 7) is 13.5. The van der Waals surface area contributed by atoms with Gasteiger partial charge in [0.1, 0.15) is 5.60 Å². The maximum absolute atomic E-state index is 12.9. The van der Waals surface area contributed by atoms with Gasteiger partial charge in [0.05, 0.1) is 17.0 Å². The van der Waals surface area contributed by atoms with Crippen LogP contribution in [0.15, 0.2) is 17.6 Å². The normalized spacial score (nSPS) is 23.3.